The van der Waals surface area contributed by atoms with Crippen LogP contribution in [0.15, 0.2) is 24.3 Å². The first kappa shape index (κ1) is 15.1. The molecule has 0 amide bonds. The highest BCUT2D eigenvalue weighted by Crippen LogP contribution is 2.34. The van der Waals surface area contributed by atoms with Gasteiger partial charge < -0.3 is 5.32 Å². The van der Waals surface area contributed by atoms with Gasteiger partial charge in [0.05, 0.1) is 0 Å². The molecule has 1 fully saturated rings. The van der Waals surface area contributed by atoms with Crippen molar-refractivity contribution in [1.82, 2.24) is 10.2 Å². The Balaban J connectivity index is 1.79. The Labute approximate surface area is 129 Å². The molecule has 21 heavy (non-hydrogen) atoms. The summed E-state index contributed by atoms with van der Waals surface area (Å²) in [5.74, 6) is 0.728. The summed E-state index contributed by atoms with van der Waals surface area (Å²) >= 11 is 0. The number of hydrogen-bond donors (Lipinski definition) is 1. The van der Waals surface area contributed by atoms with Crippen molar-refractivity contribution in [3.8, 4) is 0 Å². The van der Waals surface area contributed by atoms with Crippen molar-refractivity contribution < 1.29 is 0 Å². The van der Waals surface area contributed by atoms with E-state index in [0.29, 0.717) is 11.6 Å². The lowest BCUT2D eigenvalue weighted by Crippen LogP contribution is -2.63. The summed E-state index contributed by atoms with van der Waals surface area (Å²) in [4.78, 5) is 2.76. The molecule has 1 N–H and O–H groups in total. The van der Waals surface area contributed by atoms with Crippen molar-refractivity contribution in [1.29, 1.82) is 0 Å². The van der Waals surface area contributed by atoms with Gasteiger partial charge in [-0.3, -0.25) is 4.90 Å². The van der Waals surface area contributed by atoms with E-state index in [1.165, 1.54) is 38.8 Å². The van der Waals surface area contributed by atoms with Crippen LogP contribution in [0.3, 0.4) is 0 Å². The van der Waals surface area contributed by atoms with Crippen LogP contribution < -0.4 is 5.32 Å². The molecule has 1 heterocycles. The minimum atomic E-state index is 0.318. The molecule has 1 aliphatic heterocycles. The zero-order chi connectivity index (χ0) is 14.9. The van der Waals surface area contributed by atoms with E-state index in [1.807, 2.05) is 0 Å². The first-order chi connectivity index (χ1) is 10.1. The molecule has 0 saturated carbocycles. The summed E-state index contributed by atoms with van der Waals surface area (Å²) in [5, 5.41) is 3.67. The van der Waals surface area contributed by atoms with Gasteiger partial charge in [0, 0.05) is 31.2 Å². The Morgan fingerprint density at radius 3 is 2.95 bits per heavy atom. The lowest BCUT2D eigenvalue weighted by molar-refractivity contribution is 0.0451. The summed E-state index contributed by atoms with van der Waals surface area (Å²) in [6, 6.07) is 9.74. The van der Waals surface area contributed by atoms with E-state index in [4.69, 9.17) is 0 Å². The van der Waals surface area contributed by atoms with Crippen LogP contribution in [0.2, 0.25) is 0 Å². The lowest BCUT2D eigenvalue weighted by Gasteiger charge is -2.49. The predicted octanol–water partition coefficient (Wildman–Crippen LogP) is 3.57. The maximum atomic E-state index is 3.67. The molecule has 116 valence electrons. The molecule has 3 unspecified atom stereocenters. The molecule has 1 aromatic rings. The van der Waals surface area contributed by atoms with Gasteiger partial charge >= 0.3 is 0 Å². The molecule has 2 aliphatic rings. The highest BCUT2D eigenvalue weighted by atomic mass is 15.3. The Morgan fingerprint density at radius 2 is 2.14 bits per heavy atom. The monoisotopic (exact) mass is 286 g/mol. The van der Waals surface area contributed by atoms with E-state index in [0.717, 1.165) is 12.5 Å². The molecule has 1 saturated heterocycles. The highest BCUT2D eigenvalue weighted by Gasteiger charge is 2.36. The summed E-state index contributed by atoms with van der Waals surface area (Å²) in [6.07, 6.45) is 5.21. The first-order valence-electron chi connectivity index (χ1n) is 8.68. The zero-order valence-electron chi connectivity index (χ0n) is 13.9. The molecule has 3 rings (SSSR count). The van der Waals surface area contributed by atoms with Gasteiger partial charge in [-0.15, -0.1) is 0 Å². The molecule has 0 aromatic heterocycles. The highest BCUT2D eigenvalue weighted by molar-refractivity contribution is 5.33. The molecule has 0 radical (unpaired) electrons. The van der Waals surface area contributed by atoms with Crippen molar-refractivity contribution in [3.05, 3.63) is 35.4 Å². The smallest absolute Gasteiger partial charge is 0.0304 e. The largest absolute Gasteiger partial charge is 0.311 e. The number of aryl methyl sites for hydroxylation is 1. The van der Waals surface area contributed by atoms with E-state index in [2.05, 4.69) is 55.3 Å². The number of piperazine rings is 1. The fourth-order valence-electron chi connectivity index (χ4n) is 4.08. The molecular weight excluding hydrogens is 256 g/mol. The number of nitrogens with zero attached hydrogens (tertiary/aromatic N) is 1. The first-order valence-corrected chi connectivity index (χ1v) is 8.68. The van der Waals surface area contributed by atoms with Gasteiger partial charge in [0.15, 0.2) is 0 Å². The normalized spacial score (nSPS) is 33.7. The topological polar surface area (TPSA) is 15.3 Å². The van der Waals surface area contributed by atoms with Gasteiger partial charge in [-0.05, 0) is 56.6 Å². The van der Waals surface area contributed by atoms with E-state index in [-0.39, 0.29) is 0 Å². The minimum absolute atomic E-state index is 0.318. The maximum absolute atomic E-state index is 3.67. The van der Waals surface area contributed by atoms with Crippen LogP contribution in [-0.2, 0) is 6.42 Å². The number of benzene rings is 1. The second kappa shape index (κ2) is 6.10. The Kier molecular flexibility index (Phi) is 4.37. The number of hydrogen-bond acceptors (Lipinski definition) is 2. The summed E-state index contributed by atoms with van der Waals surface area (Å²) in [6.45, 7) is 10.6. The lowest BCUT2D eigenvalue weighted by atomic mass is 9.81. The molecule has 0 spiro atoms. The van der Waals surface area contributed by atoms with Gasteiger partial charge in [0.1, 0.15) is 0 Å². The van der Waals surface area contributed by atoms with Crippen LogP contribution in [0.5, 0.6) is 0 Å². The second-order valence-corrected chi connectivity index (χ2v) is 7.33. The van der Waals surface area contributed by atoms with E-state index >= 15 is 0 Å². The maximum Gasteiger partial charge on any atom is 0.0304 e. The number of rotatable bonds is 3. The third-order valence-corrected chi connectivity index (χ3v) is 5.79. The standard InChI is InChI=1S/C19H30N2/c1-4-19(3)14-20-15(2)12-21(19)13-17-10-7-9-16-8-5-6-11-18(16)17/h5-6,8,11,15,17,20H,4,7,9-10,12-14H2,1-3H3. The molecule has 2 nitrogen and oxygen atoms in total. The zero-order valence-corrected chi connectivity index (χ0v) is 13.9. The molecule has 1 aliphatic carbocycles. The van der Waals surface area contributed by atoms with Gasteiger partial charge in [0.2, 0.25) is 0 Å². The predicted molar refractivity (Wildman–Crippen MR) is 89.9 cm³/mol. The molecule has 3 atom stereocenters. The average Bonchev–Trinajstić information content (AvgIpc) is 2.51. The third kappa shape index (κ3) is 3.02. The van der Waals surface area contributed by atoms with Crippen LogP contribution in [-0.4, -0.2) is 36.1 Å². The Bertz CT molecular complexity index is 484. The molecule has 2 heteroatoms. The van der Waals surface area contributed by atoms with Crippen molar-refractivity contribution in [2.24, 2.45) is 0 Å². The summed E-state index contributed by atoms with van der Waals surface area (Å²) in [7, 11) is 0. The van der Waals surface area contributed by atoms with Gasteiger partial charge in [-0.25, -0.2) is 0 Å². The Morgan fingerprint density at radius 1 is 1.33 bits per heavy atom. The van der Waals surface area contributed by atoms with E-state index < -0.39 is 0 Å². The quantitative estimate of drug-likeness (QED) is 0.914. The minimum Gasteiger partial charge on any atom is -0.311 e. The number of nitrogens with one attached hydrogen (secondary N) is 1. The average molecular weight is 286 g/mol. The van der Waals surface area contributed by atoms with E-state index in [9.17, 15) is 0 Å². The third-order valence-electron chi connectivity index (χ3n) is 5.79. The van der Waals surface area contributed by atoms with E-state index in [1.54, 1.807) is 11.1 Å². The summed E-state index contributed by atoms with van der Waals surface area (Å²) < 4.78 is 0. The molecular formula is C19H30N2. The fourth-order valence-corrected chi connectivity index (χ4v) is 4.08. The van der Waals surface area contributed by atoms with Crippen molar-refractivity contribution in [3.63, 3.8) is 0 Å². The van der Waals surface area contributed by atoms with Crippen LogP contribution in [0.25, 0.3) is 0 Å². The van der Waals surface area contributed by atoms with Gasteiger partial charge in [-0.1, -0.05) is 31.2 Å². The Hall–Kier alpha value is -0.860. The molecule has 0 bridgehead atoms. The summed E-state index contributed by atoms with van der Waals surface area (Å²) in [5.41, 5.74) is 3.53. The van der Waals surface area contributed by atoms with Crippen molar-refractivity contribution in [2.45, 2.75) is 64.0 Å². The number of fused-ring (bicyclic) bond motifs is 1. The van der Waals surface area contributed by atoms with Gasteiger partial charge in [-0.2, -0.15) is 0 Å². The fraction of sp³-hybridized carbons (Fsp3) is 0.684. The second-order valence-electron chi connectivity index (χ2n) is 7.33. The van der Waals surface area contributed by atoms with Crippen LogP contribution in [0.1, 0.15) is 57.1 Å². The van der Waals surface area contributed by atoms with Crippen molar-refractivity contribution >= 4 is 0 Å². The van der Waals surface area contributed by atoms with Crippen molar-refractivity contribution in [2.75, 3.05) is 19.6 Å². The van der Waals surface area contributed by atoms with Gasteiger partial charge in [0.25, 0.3) is 0 Å². The van der Waals surface area contributed by atoms with Crippen LogP contribution >= 0.6 is 0 Å². The SMILES string of the molecule is CCC1(C)CNC(C)CN1CC1CCCc2ccccc21. The van der Waals surface area contributed by atoms with Crippen LogP contribution in [0.4, 0.5) is 0 Å². The van der Waals surface area contributed by atoms with Crippen LogP contribution in [0, 0.1) is 0 Å². The molecule has 1 aromatic carbocycles.